The Morgan fingerprint density at radius 2 is 1.85 bits per heavy atom. The van der Waals surface area contributed by atoms with E-state index >= 15 is 0 Å². The van der Waals surface area contributed by atoms with Crippen molar-refractivity contribution in [3.8, 4) is 11.3 Å². The van der Waals surface area contributed by atoms with E-state index in [-0.39, 0.29) is 0 Å². The first-order valence-electron chi connectivity index (χ1n) is 7.53. The molecule has 0 bridgehead atoms. The van der Waals surface area contributed by atoms with Crippen molar-refractivity contribution in [2.45, 2.75) is 45.6 Å². The molecular weight excluding hydrogens is 359 g/mol. The van der Waals surface area contributed by atoms with Gasteiger partial charge in [-0.15, -0.1) is 0 Å². The summed E-state index contributed by atoms with van der Waals surface area (Å²) in [5.41, 5.74) is 3.61. The summed E-state index contributed by atoms with van der Waals surface area (Å²) in [6.07, 6.45) is 6.96. The van der Waals surface area contributed by atoms with Gasteiger partial charge in [-0.2, -0.15) is 5.10 Å². The van der Waals surface area contributed by atoms with E-state index in [0.29, 0.717) is 0 Å². The van der Waals surface area contributed by atoms with Crippen molar-refractivity contribution >= 4 is 22.6 Å². The molecule has 3 heteroatoms. The lowest BCUT2D eigenvalue weighted by molar-refractivity contribution is 0.306. The minimum Gasteiger partial charge on any atom is -0.269 e. The largest absolute Gasteiger partial charge is 0.269 e. The third kappa shape index (κ3) is 3.25. The molecule has 1 fully saturated rings. The molecule has 1 aliphatic rings. The van der Waals surface area contributed by atoms with Crippen LogP contribution in [0.15, 0.2) is 30.3 Å². The minimum absolute atomic E-state index is 0.826. The van der Waals surface area contributed by atoms with Gasteiger partial charge in [0.05, 0.1) is 5.69 Å². The maximum atomic E-state index is 4.82. The minimum atomic E-state index is 0.826. The van der Waals surface area contributed by atoms with Crippen LogP contribution in [0.5, 0.6) is 0 Å². The Balaban J connectivity index is 1.78. The fourth-order valence-corrected chi connectivity index (χ4v) is 3.43. The highest BCUT2D eigenvalue weighted by Gasteiger charge is 2.16. The number of hydrogen-bond acceptors (Lipinski definition) is 1. The number of aromatic nitrogens is 2. The van der Waals surface area contributed by atoms with Crippen LogP contribution in [0, 0.1) is 16.4 Å². The smallest absolute Gasteiger partial charge is 0.0925 e. The average Bonchev–Trinajstić information content (AvgIpc) is 2.82. The molecule has 0 amide bonds. The Labute approximate surface area is 134 Å². The fourth-order valence-electron chi connectivity index (χ4n) is 3.07. The summed E-state index contributed by atoms with van der Waals surface area (Å²) in [7, 11) is 0. The quantitative estimate of drug-likeness (QED) is 0.682. The topological polar surface area (TPSA) is 17.8 Å². The first-order valence-corrected chi connectivity index (χ1v) is 8.60. The van der Waals surface area contributed by atoms with Crippen molar-refractivity contribution in [1.82, 2.24) is 9.78 Å². The van der Waals surface area contributed by atoms with E-state index in [4.69, 9.17) is 5.10 Å². The van der Waals surface area contributed by atoms with E-state index in [2.05, 4.69) is 64.5 Å². The zero-order valence-electron chi connectivity index (χ0n) is 12.0. The second kappa shape index (κ2) is 6.29. The van der Waals surface area contributed by atoms with E-state index in [9.17, 15) is 0 Å². The molecule has 1 saturated carbocycles. The van der Waals surface area contributed by atoms with E-state index in [0.717, 1.165) is 18.2 Å². The van der Waals surface area contributed by atoms with Crippen LogP contribution in [0.25, 0.3) is 11.3 Å². The van der Waals surface area contributed by atoms with Gasteiger partial charge in [0.2, 0.25) is 0 Å². The summed E-state index contributed by atoms with van der Waals surface area (Å²) in [4.78, 5) is 0. The van der Waals surface area contributed by atoms with Gasteiger partial charge < -0.3 is 0 Å². The fraction of sp³-hybridized carbons (Fsp3) is 0.471. The monoisotopic (exact) mass is 380 g/mol. The second-order valence-corrected chi connectivity index (χ2v) is 7.11. The molecule has 2 aromatic rings. The Hall–Kier alpha value is -0.840. The van der Waals surface area contributed by atoms with Gasteiger partial charge in [-0.3, -0.25) is 4.68 Å². The lowest BCUT2D eigenvalue weighted by atomic mass is 9.89. The van der Waals surface area contributed by atoms with Crippen LogP contribution in [0.4, 0.5) is 0 Å². The van der Waals surface area contributed by atoms with Crippen molar-refractivity contribution in [2.75, 3.05) is 0 Å². The average molecular weight is 380 g/mol. The van der Waals surface area contributed by atoms with Gasteiger partial charge in [-0.25, -0.2) is 0 Å². The zero-order chi connectivity index (χ0) is 13.9. The summed E-state index contributed by atoms with van der Waals surface area (Å²) in [5, 5.41) is 4.82. The standard InChI is InChI=1S/C17H21IN2/c1-13-11-17(15-7-9-16(18)10-8-15)19-20(13)12-14-5-3-2-4-6-14/h7-11,14H,2-6,12H2,1H3. The van der Waals surface area contributed by atoms with Crippen molar-refractivity contribution in [1.29, 1.82) is 0 Å². The molecule has 3 rings (SSSR count). The van der Waals surface area contributed by atoms with Crippen molar-refractivity contribution in [3.05, 3.63) is 39.6 Å². The summed E-state index contributed by atoms with van der Waals surface area (Å²) >= 11 is 2.34. The van der Waals surface area contributed by atoms with Crippen LogP contribution in [0.3, 0.4) is 0 Å². The van der Waals surface area contributed by atoms with Crippen molar-refractivity contribution in [2.24, 2.45) is 5.92 Å². The molecule has 1 aromatic carbocycles. The number of rotatable bonds is 3. The van der Waals surface area contributed by atoms with Crippen LogP contribution >= 0.6 is 22.6 Å². The summed E-state index contributed by atoms with van der Waals surface area (Å²) in [5.74, 6) is 0.826. The Kier molecular flexibility index (Phi) is 4.44. The highest BCUT2D eigenvalue weighted by Crippen LogP contribution is 2.26. The predicted molar refractivity (Wildman–Crippen MR) is 91.7 cm³/mol. The van der Waals surface area contributed by atoms with Gasteiger partial charge in [-0.1, -0.05) is 31.4 Å². The maximum absolute atomic E-state index is 4.82. The molecule has 1 heterocycles. The number of hydrogen-bond donors (Lipinski definition) is 0. The van der Waals surface area contributed by atoms with E-state index in [1.165, 1.54) is 46.9 Å². The van der Waals surface area contributed by atoms with Gasteiger partial charge >= 0.3 is 0 Å². The first-order chi connectivity index (χ1) is 9.72. The molecule has 1 aromatic heterocycles. The van der Waals surface area contributed by atoms with Gasteiger partial charge in [0.25, 0.3) is 0 Å². The van der Waals surface area contributed by atoms with Gasteiger partial charge in [0.15, 0.2) is 0 Å². The molecule has 2 nitrogen and oxygen atoms in total. The normalized spacial score (nSPS) is 16.5. The first kappa shape index (κ1) is 14.1. The SMILES string of the molecule is Cc1cc(-c2ccc(I)cc2)nn1CC1CCCCC1. The van der Waals surface area contributed by atoms with Crippen molar-refractivity contribution < 1.29 is 0 Å². The molecular formula is C17H21IN2. The van der Waals surface area contributed by atoms with Crippen LogP contribution in [-0.4, -0.2) is 9.78 Å². The number of nitrogens with zero attached hydrogens (tertiary/aromatic N) is 2. The molecule has 0 radical (unpaired) electrons. The highest BCUT2D eigenvalue weighted by molar-refractivity contribution is 14.1. The van der Waals surface area contributed by atoms with Crippen LogP contribution in [-0.2, 0) is 6.54 Å². The third-order valence-corrected chi connectivity index (χ3v) is 5.00. The maximum Gasteiger partial charge on any atom is 0.0925 e. The molecule has 20 heavy (non-hydrogen) atoms. The molecule has 0 atom stereocenters. The van der Waals surface area contributed by atoms with E-state index < -0.39 is 0 Å². The van der Waals surface area contributed by atoms with Gasteiger partial charge in [-0.05, 0) is 66.5 Å². The summed E-state index contributed by atoms with van der Waals surface area (Å²) < 4.78 is 3.48. The lowest BCUT2D eigenvalue weighted by Gasteiger charge is -2.21. The number of halogens is 1. The van der Waals surface area contributed by atoms with Crippen molar-refractivity contribution in [3.63, 3.8) is 0 Å². The van der Waals surface area contributed by atoms with Crippen LogP contribution < -0.4 is 0 Å². The molecule has 0 N–H and O–H groups in total. The van der Waals surface area contributed by atoms with Crippen LogP contribution in [0.1, 0.15) is 37.8 Å². The van der Waals surface area contributed by atoms with Gasteiger partial charge in [0.1, 0.15) is 0 Å². The molecule has 0 spiro atoms. The van der Waals surface area contributed by atoms with E-state index in [1.807, 2.05) is 0 Å². The Bertz CT molecular complexity index is 565. The number of benzene rings is 1. The molecule has 0 unspecified atom stereocenters. The number of aryl methyl sites for hydroxylation is 1. The van der Waals surface area contributed by atoms with E-state index in [1.54, 1.807) is 0 Å². The molecule has 0 aliphatic heterocycles. The zero-order valence-corrected chi connectivity index (χ0v) is 14.1. The van der Waals surface area contributed by atoms with Gasteiger partial charge in [0, 0.05) is 21.4 Å². The molecule has 0 saturated heterocycles. The molecule has 106 valence electrons. The highest BCUT2D eigenvalue weighted by atomic mass is 127. The lowest BCUT2D eigenvalue weighted by Crippen LogP contribution is -2.15. The second-order valence-electron chi connectivity index (χ2n) is 5.86. The Morgan fingerprint density at radius 3 is 2.55 bits per heavy atom. The summed E-state index contributed by atoms with van der Waals surface area (Å²) in [6, 6.07) is 10.8. The third-order valence-electron chi connectivity index (χ3n) is 4.28. The summed E-state index contributed by atoms with van der Waals surface area (Å²) in [6.45, 7) is 3.27. The Morgan fingerprint density at radius 1 is 1.15 bits per heavy atom. The van der Waals surface area contributed by atoms with Crippen LogP contribution in [0.2, 0.25) is 0 Å². The molecule has 1 aliphatic carbocycles. The predicted octanol–water partition coefficient (Wildman–Crippen LogP) is 5.04.